The van der Waals surface area contributed by atoms with Crippen LogP contribution in [-0.4, -0.2) is 30.1 Å². The second kappa shape index (κ2) is 5.70. The molecule has 1 atom stereocenters. The van der Waals surface area contributed by atoms with Gasteiger partial charge in [0.1, 0.15) is 12.6 Å². The molecule has 1 aromatic rings. The summed E-state index contributed by atoms with van der Waals surface area (Å²) in [7, 11) is 0. The van der Waals surface area contributed by atoms with Gasteiger partial charge in [0, 0.05) is 0 Å². The van der Waals surface area contributed by atoms with Gasteiger partial charge in [0.2, 0.25) is 5.91 Å². The number of nitrogens with two attached hydrogens (primary N) is 1. The third-order valence-electron chi connectivity index (χ3n) is 2.19. The van der Waals surface area contributed by atoms with Crippen LogP contribution in [-0.2, 0) is 4.79 Å². The Balaban J connectivity index is 2.54. The lowest BCUT2D eigenvalue weighted by atomic mass is 10.1. The molecule has 6 heteroatoms. The maximum Gasteiger partial charge on any atom is 0.287 e. The number of hydrogen-bond acceptors (Lipinski definition) is 3. The zero-order chi connectivity index (χ0) is 12.9. The van der Waals surface area contributed by atoms with Gasteiger partial charge in [0.25, 0.3) is 5.92 Å². The minimum atomic E-state index is -3.33. The number of carbonyl (C=O) groups is 1. The van der Waals surface area contributed by atoms with Crippen LogP contribution in [0, 0.1) is 0 Å². The summed E-state index contributed by atoms with van der Waals surface area (Å²) in [5.74, 6) is -4.03. The largest absolute Gasteiger partial charge is 0.390 e. The number of aliphatic hydroxyl groups is 1. The summed E-state index contributed by atoms with van der Waals surface area (Å²) in [6, 6.07) is 7.43. The first-order valence-electron chi connectivity index (χ1n) is 5.03. The van der Waals surface area contributed by atoms with Crippen LogP contribution in [0.15, 0.2) is 30.3 Å². The summed E-state index contributed by atoms with van der Waals surface area (Å²) in [6.45, 7) is -2.24. The Morgan fingerprint density at radius 3 is 2.53 bits per heavy atom. The van der Waals surface area contributed by atoms with Crippen molar-refractivity contribution >= 4 is 5.91 Å². The average molecular weight is 244 g/mol. The minimum absolute atomic E-state index is 0.539. The summed E-state index contributed by atoms with van der Waals surface area (Å²) < 4.78 is 25.3. The molecule has 0 heterocycles. The fourth-order valence-electron chi connectivity index (χ4n) is 1.19. The lowest BCUT2D eigenvalue weighted by molar-refractivity contribution is -0.125. The molecule has 4 N–H and O–H groups in total. The molecule has 1 amide bonds. The monoisotopic (exact) mass is 244 g/mol. The first-order valence-corrected chi connectivity index (χ1v) is 5.03. The van der Waals surface area contributed by atoms with Crippen LogP contribution in [0.25, 0.3) is 0 Å². The number of carbonyl (C=O) groups excluding carboxylic acids is 1. The second-order valence-electron chi connectivity index (χ2n) is 3.62. The van der Waals surface area contributed by atoms with Gasteiger partial charge in [-0.05, 0) is 5.56 Å². The van der Waals surface area contributed by atoms with E-state index in [1.54, 1.807) is 30.3 Å². The van der Waals surface area contributed by atoms with Crippen LogP contribution in [0.2, 0.25) is 0 Å². The molecule has 0 aliphatic heterocycles. The number of rotatable bonds is 5. The van der Waals surface area contributed by atoms with E-state index in [0.717, 1.165) is 0 Å². The summed E-state index contributed by atoms with van der Waals surface area (Å²) in [4.78, 5) is 11.5. The summed E-state index contributed by atoms with van der Waals surface area (Å²) in [5.41, 5.74) is 6.13. The van der Waals surface area contributed by atoms with E-state index in [2.05, 4.69) is 0 Å². The highest BCUT2D eigenvalue weighted by Crippen LogP contribution is 2.12. The Morgan fingerprint density at radius 1 is 1.41 bits per heavy atom. The molecule has 4 nitrogen and oxygen atoms in total. The molecular weight excluding hydrogens is 230 g/mol. The Bertz CT molecular complexity index is 371. The van der Waals surface area contributed by atoms with Crippen LogP contribution in [0.3, 0.4) is 0 Å². The van der Waals surface area contributed by atoms with E-state index in [1.807, 2.05) is 5.32 Å². The van der Waals surface area contributed by atoms with Crippen LogP contribution < -0.4 is 11.1 Å². The van der Waals surface area contributed by atoms with Crippen molar-refractivity contribution < 1.29 is 18.7 Å². The third kappa shape index (κ3) is 4.08. The molecule has 0 fully saturated rings. The van der Waals surface area contributed by atoms with Gasteiger partial charge >= 0.3 is 0 Å². The summed E-state index contributed by atoms with van der Waals surface area (Å²) in [5, 5.41) is 10.3. The lowest BCUT2D eigenvalue weighted by Gasteiger charge is -2.16. The zero-order valence-electron chi connectivity index (χ0n) is 9.07. The molecule has 17 heavy (non-hydrogen) atoms. The molecular formula is C11H14F2N2O2. The van der Waals surface area contributed by atoms with Crippen molar-refractivity contribution in [1.82, 2.24) is 5.32 Å². The van der Waals surface area contributed by atoms with Crippen LogP contribution >= 0.6 is 0 Å². The van der Waals surface area contributed by atoms with Crippen LogP contribution in [0.1, 0.15) is 11.6 Å². The van der Waals surface area contributed by atoms with Crippen molar-refractivity contribution in [2.24, 2.45) is 5.73 Å². The Hall–Kier alpha value is -1.53. The number of hydrogen-bond donors (Lipinski definition) is 3. The van der Waals surface area contributed by atoms with Crippen LogP contribution in [0.5, 0.6) is 0 Å². The molecule has 0 saturated heterocycles. The Kier molecular flexibility index (Phi) is 4.53. The first-order chi connectivity index (χ1) is 7.96. The van der Waals surface area contributed by atoms with E-state index in [1.165, 1.54) is 0 Å². The topological polar surface area (TPSA) is 75.4 Å². The van der Waals surface area contributed by atoms with Gasteiger partial charge in [-0.2, -0.15) is 0 Å². The SMILES string of the molecule is NC(C(=O)NCC(F)(F)CO)c1ccccc1. The van der Waals surface area contributed by atoms with Crippen molar-refractivity contribution in [3.63, 3.8) is 0 Å². The molecule has 0 saturated carbocycles. The summed E-state index contributed by atoms with van der Waals surface area (Å²) >= 11 is 0. The van der Waals surface area contributed by atoms with E-state index in [4.69, 9.17) is 10.8 Å². The number of halogens is 2. The van der Waals surface area contributed by atoms with Gasteiger partial charge < -0.3 is 16.2 Å². The standard InChI is InChI=1S/C11H14F2N2O2/c12-11(13,7-16)6-15-10(17)9(14)8-4-2-1-3-5-8/h1-5,9,16H,6-7,14H2,(H,15,17). The highest BCUT2D eigenvalue weighted by atomic mass is 19.3. The zero-order valence-corrected chi connectivity index (χ0v) is 9.07. The Morgan fingerprint density at radius 2 is 2.00 bits per heavy atom. The fourth-order valence-corrected chi connectivity index (χ4v) is 1.19. The quantitative estimate of drug-likeness (QED) is 0.703. The summed E-state index contributed by atoms with van der Waals surface area (Å²) in [6.07, 6.45) is 0. The van der Waals surface area contributed by atoms with Crippen molar-refractivity contribution in [2.45, 2.75) is 12.0 Å². The van der Waals surface area contributed by atoms with Gasteiger partial charge in [-0.15, -0.1) is 0 Å². The first kappa shape index (κ1) is 13.5. The number of nitrogens with one attached hydrogen (secondary N) is 1. The number of benzene rings is 1. The molecule has 0 aliphatic rings. The van der Waals surface area contributed by atoms with E-state index in [9.17, 15) is 13.6 Å². The van der Waals surface area contributed by atoms with Gasteiger partial charge in [-0.3, -0.25) is 4.79 Å². The molecule has 0 aliphatic carbocycles. The maximum absolute atomic E-state index is 12.7. The minimum Gasteiger partial charge on any atom is -0.390 e. The van der Waals surface area contributed by atoms with E-state index < -0.39 is 31.0 Å². The van der Waals surface area contributed by atoms with Crippen LogP contribution in [0.4, 0.5) is 8.78 Å². The highest BCUT2D eigenvalue weighted by Gasteiger charge is 2.29. The molecule has 0 spiro atoms. The lowest BCUT2D eigenvalue weighted by Crippen LogP contribution is -2.42. The number of aliphatic hydroxyl groups excluding tert-OH is 1. The molecule has 1 unspecified atom stereocenters. The highest BCUT2D eigenvalue weighted by molar-refractivity contribution is 5.82. The van der Waals surface area contributed by atoms with E-state index in [0.29, 0.717) is 5.56 Å². The molecule has 0 aromatic heterocycles. The van der Waals surface area contributed by atoms with Gasteiger partial charge in [0.05, 0.1) is 6.54 Å². The molecule has 0 radical (unpaired) electrons. The predicted molar refractivity (Wildman–Crippen MR) is 58.4 cm³/mol. The van der Waals surface area contributed by atoms with Crippen molar-refractivity contribution in [3.8, 4) is 0 Å². The maximum atomic E-state index is 12.7. The van der Waals surface area contributed by atoms with E-state index >= 15 is 0 Å². The van der Waals surface area contributed by atoms with Crippen molar-refractivity contribution in [3.05, 3.63) is 35.9 Å². The number of amides is 1. The van der Waals surface area contributed by atoms with Crippen molar-refractivity contribution in [1.29, 1.82) is 0 Å². The third-order valence-corrected chi connectivity index (χ3v) is 2.19. The van der Waals surface area contributed by atoms with Crippen molar-refractivity contribution in [2.75, 3.05) is 13.2 Å². The molecule has 94 valence electrons. The van der Waals surface area contributed by atoms with Gasteiger partial charge in [-0.25, -0.2) is 8.78 Å². The van der Waals surface area contributed by atoms with Gasteiger partial charge in [0.15, 0.2) is 0 Å². The fraction of sp³-hybridized carbons (Fsp3) is 0.364. The van der Waals surface area contributed by atoms with Gasteiger partial charge in [-0.1, -0.05) is 30.3 Å². The molecule has 1 rings (SSSR count). The second-order valence-corrected chi connectivity index (χ2v) is 3.62. The predicted octanol–water partition coefficient (Wildman–Crippen LogP) is 0.430. The smallest absolute Gasteiger partial charge is 0.287 e. The molecule has 0 bridgehead atoms. The molecule has 1 aromatic carbocycles. The number of alkyl halides is 2. The van der Waals surface area contributed by atoms with E-state index in [-0.39, 0.29) is 0 Å². The normalized spacial score (nSPS) is 13.2. The average Bonchev–Trinajstić information content (AvgIpc) is 2.36. The Labute approximate surface area is 97.4 Å².